The quantitative estimate of drug-likeness (QED) is 0.730. The second kappa shape index (κ2) is 3.44. The van der Waals surface area contributed by atoms with Crippen LogP contribution in [0.1, 0.15) is 23.1 Å². The SMILES string of the molecule is NC(=O)c1nc2n(n1)C(C(F)F)CCN2. The Balaban J connectivity index is 2.38. The Morgan fingerprint density at radius 2 is 2.40 bits per heavy atom. The third-order valence-corrected chi connectivity index (χ3v) is 2.18. The van der Waals surface area contributed by atoms with Crippen LogP contribution in [0.4, 0.5) is 14.7 Å². The topological polar surface area (TPSA) is 85.8 Å². The molecule has 1 aliphatic rings. The number of fused-ring (bicyclic) bond motifs is 1. The van der Waals surface area contributed by atoms with Crippen LogP contribution >= 0.6 is 0 Å². The first kappa shape index (κ1) is 9.81. The summed E-state index contributed by atoms with van der Waals surface area (Å²) in [5, 5.41) is 6.41. The Bertz CT molecular complexity index is 391. The van der Waals surface area contributed by atoms with Crippen LogP contribution in [0.25, 0.3) is 0 Å². The Labute approximate surface area is 83.5 Å². The van der Waals surface area contributed by atoms with E-state index in [-0.39, 0.29) is 18.2 Å². The number of nitrogens with zero attached hydrogens (tertiary/aromatic N) is 3. The lowest BCUT2D eigenvalue weighted by Gasteiger charge is -2.23. The van der Waals surface area contributed by atoms with E-state index in [2.05, 4.69) is 15.4 Å². The molecule has 1 unspecified atom stereocenters. The molecule has 6 nitrogen and oxygen atoms in total. The number of nitrogens with one attached hydrogen (secondary N) is 1. The maximum atomic E-state index is 12.6. The largest absolute Gasteiger partial charge is 0.363 e. The molecule has 82 valence electrons. The van der Waals surface area contributed by atoms with Crippen molar-refractivity contribution in [2.75, 3.05) is 11.9 Å². The van der Waals surface area contributed by atoms with Crippen molar-refractivity contribution in [3.63, 3.8) is 0 Å². The highest BCUT2D eigenvalue weighted by Gasteiger charge is 2.30. The van der Waals surface area contributed by atoms with Gasteiger partial charge >= 0.3 is 0 Å². The summed E-state index contributed by atoms with van der Waals surface area (Å²) in [6, 6.07) is -1.04. The summed E-state index contributed by atoms with van der Waals surface area (Å²) < 4.78 is 26.2. The van der Waals surface area contributed by atoms with Crippen LogP contribution in [0.3, 0.4) is 0 Å². The maximum absolute atomic E-state index is 12.6. The fraction of sp³-hybridized carbons (Fsp3) is 0.571. The van der Waals surface area contributed by atoms with E-state index in [0.717, 1.165) is 4.68 Å². The van der Waals surface area contributed by atoms with Crippen LogP contribution in [0.2, 0.25) is 0 Å². The van der Waals surface area contributed by atoms with Gasteiger partial charge in [-0.05, 0) is 6.42 Å². The van der Waals surface area contributed by atoms with Crippen molar-refractivity contribution in [3.05, 3.63) is 5.82 Å². The van der Waals surface area contributed by atoms with E-state index >= 15 is 0 Å². The van der Waals surface area contributed by atoms with Gasteiger partial charge in [0.1, 0.15) is 6.04 Å². The Morgan fingerprint density at radius 3 is 3.00 bits per heavy atom. The smallest absolute Gasteiger partial charge is 0.288 e. The predicted octanol–water partition coefficient (Wildman–Crippen LogP) is -0.00120. The summed E-state index contributed by atoms with van der Waals surface area (Å²) in [5.74, 6) is -0.905. The van der Waals surface area contributed by atoms with Crippen molar-refractivity contribution >= 4 is 11.9 Å². The highest BCUT2D eigenvalue weighted by Crippen LogP contribution is 2.26. The standard InChI is InChI=1S/C7H9F2N5O/c8-4(9)3-1-2-11-7-12-6(5(10)15)13-14(3)7/h3-4H,1-2H2,(H2,10,15)(H,11,12,13). The van der Waals surface area contributed by atoms with Gasteiger partial charge in [0.25, 0.3) is 12.3 Å². The lowest BCUT2D eigenvalue weighted by atomic mass is 10.2. The van der Waals surface area contributed by atoms with Crippen molar-refractivity contribution in [1.29, 1.82) is 0 Å². The minimum absolute atomic E-state index is 0.167. The van der Waals surface area contributed by atoms with Gasteiger partial charge in [-0.25, -0.2) is 13.5 Å². The molecule has 0 spiro atoms. The molecule has 0 saturated carbocycles. The Kier molecular flexibility index (Phi) is 2.25. The maximum Gasteiger partial charge on any atom is 0.288 e. The minimum Gasteiger partial charge on any atom is -0.363 e. The molecule has 2 heterocycles. The third-order valence-electron chi connectivity index (χ3n) is 2.18. The van der Waals surface area contributed by atoms with Gasteiger partial charge in [-0.15, -0.1) is 5.10 Å². The molecule has 2 rings (SSSR count). The number of primary amides is 1. The van der Waals surface area contributed by atoms with Gasteiger partial charge in [-0.1, -0.05) is 0 Å². The number of anilines is 1. The molecule has 1 aromatic rings. The van der Waals surface area contributed by atoms with Gasteiger partial charge in [0, 0.05) is 6.54 Å². The summed E-state index contributed by atoms with van der Waals surface area (Å²) in [4.78, 5) is 14.5. The van der Waals surface area contributed by atoms with E-state index < -0.39 is 18.4 Å². The van der Waals surface area contributed by atoms with Crippen LogP contribution in [-0.2, 0) is 0 Å². The van der Waals surface area contributed by atoms with Crippen LogP contribution in [-0.4, -0.2) is 33.6 Å². The fourth-order valence-electron chi connectivity index (χ4n) is 1.47. The number of alkyl halides is 2. The molecular formula is C7H9F2N5O. The number of hydrogen-bond acceptors (Lipinski definition) is 4. The highest BCUT2D eigenvalue weighted by molar-refractivity contribution is 5.89. The summed E-state index contributed by atoms with van der Waals surface area (Å²) >= 11 is 0. The van der Waals surface area contributed by atoms with E-state index in [1.54, 1.807) is 0 Å². The molecule has 1 aliphatic heterocycles. The number of carbonyl (C=O) groups excluding carboxylic acids is 1. The number of amides is 1. The summed E-state index contributed by atoms with van der Waals surface area (Å²) in [6.45, 7) is 0.381. The molecule has 0 saturated heterocycles. The molecular weight excluding hydrogens is 208 g/mol. The summed E-state index contributed by atoms with van der Waals surface area (Å²) in [6.07, 6.45) is -2.29. The summed E-state index contributed by atoms with van der Waals surface area (Å²) in [7, 11) is 0. The number of nitrogens with two attached hydrogens (primary N) is 1. The highest BCUT2D eigenvalue weighted by atomic mass is 19.3. The number of carbonyl (C=O) groups is 1. The van der Waals surface area contributed by atoms with E-state index in [1.807, 2.05) is 0 Å². The van der Waals surface area contributed by atoms with Crippen molar-refractivity contribution in [2.24, 2.45) is 5.73 Å². The zero-order valence-electron chi connectivity index (χ0n) is 7.65. The first-order valence-corrected chi connectivity index (χ1v) is 4.38. The van der Waals surface area contributed by atoms with Crippen molar-refractivity contribution in [1.82, 2.24) is 14.8 Å². The van der Waals surface area contributed by atoms with E-state index in [4.69, 9.17) is 5.73 Å². The monoisotopic (exact) mass is 217 g/mol. The fourth-order valence-corrected chi connectivity index (χ4v) is 1.47. The first-order valence-electron chi connectivity index (χ1n) is 4.38. The third kappa shape index (κ3) is 1.62. The molecule has 1 atom stereocenters. The van der Waals surface area contributed by atoms with Crippen molar-refractivity contribution < 1.29 is 13.6 Å². The van der Waals surface area contributed by atoms with Gasteiger partial charge in [-0.2, -0.15) is 4.98 Å². The lowest BCUT2D eigenvalue weighted by molar-refractivity contribution is 0.0708. The Morgan fingerprint density at radius 1 is 1.67 bits per heavy atom. The van der Waals surface area contributed by atoms with E-state index in [1.165, 1.54) is 0 Å². The minimum atomic E-state index is -2.53. The van der Waals surface area contributed by atoms with Crippen molar-refractivity contribution in [2.45, 2.75) is 18.9 Å². The lowest BCUT2D eigenvalue weighted by Crippen LogP contribution is -2.28. The number of aromatic nitrogens is 3. The van der Waals surface area contributed by atoms with Gasteiger partial charge in [0.2, 0.25) is 11.8 Å². The normalized spacial score (nSPS) is 19.8. The van der Waals surface area contributed by atoms with Gasteiger partial charge in [0.05, 0.1) is 0 Å². The summed E-state index contributed by atoms with van der Waals surface area (Å²) in [5.41, 5.74) is 4.95. The molecule has 0 bridgehead atoms. The second-order valence-electron chi connectivity index (χ2n) is 3.19. The van der Waals surface area contributed by atoms with E-state index in [0.29, 0.717) is 6.54 Å². The molecule has 1 amide bonds. The molecule has 15 heavy (non-hydrogen) atoms. The number of hydrogen-bond donors (Lipinski definition) is 2. The van der Waals surface area contributed by atoms with E-state index in [9.17, 15) is 13.6 Å². The van der Waals surface area contributed by atoms with Gasteiger partial charge in [-0.3, -0.25) is 4.79 Å². The number of halogens is 2. The molecule has 1 aromatic heterocycles. The molecule has 0 radical (unpaired) electrons. The Hall–Kier alpha value is -1.73. The zero-order valence-corrected chi connectivity index (χ0v) is 7.65. The van der Waals surface area contributed by atoms with Crippen LogP contribution < -0.4 is 11.1 Å². The van der Waals surface area contributed by atoms with Crippen LogP contribution in [0.15, 0.2) is 0 Å². The molecule has 3 N–H and O–H groups in total. The molecule has 0 aliphatic carbocycles. The second-order valence-corrected chi connectivity index (χ2v) is 3.19. The zero-order chi connectivity index (χ0) is 11.0. The number of rotatable bonds is 2. The first-order chi connectivity index (χ1) is 7.09. The van der Waals surface area contributed by atoms with Crippen LogP contribution in [0.5, 0.6) is 0 Å². The average molecular weight is 217 g/mol. The van der Waals surface area contributed by atoms with Crippen LogP contribution in [0, 0.1) is 0 Å². The predicted molar refractivity (Wildman–Crippen MR) is 46.7 cm³/mol. The molecule has 8 heteroatoms. The average Bonchev–Trinajstić information content (AvgIpc) is 2.60. The van der Waals surface area contributed by atoms with Gasteiger partial charge in [0.15, 0.2) is 0 Å². The van der Waals surface area contributed by atoms with Gasteiger partial charge < -0.3 is 11.1 Å². The van der Waals surface area contributed by atoms with Crippen molar-refractivity contribution in [3.8, 4) is 0 Å². The molecule has 0 fully saturated rings. The molecule has 0 aromatic carbocycles.